The van der Waals surface area contributed by atoms with Crippen LogP contribution < -0.4 is 25.2 Å². The lowest BCUT2D eigenvalue weighted by Crippen LogP contribution is -2.28. The molecule has 0 unspecified atom stereocenters. The van der Waals surface area contributed by atoms with Gasteiger partial charge in [0, 0.05) is 18.2 Å². The van der Waals surface area contributed by atoms with E-state index < -0.39 is 5.63 Å². The summed E-state index contributed by atoms with van der Waals surface area (Å²) in [5, 5.41) is 3.38. The van der Waals surface area contributed by atoms with Crippen LogP contribution >= 0.6 is 0 Å². The lowest BCUT2D eigenvalue weighted by Gasteiger charge is -2.12. The Kier molecular flexibility index (Phi) is 5.61. The summed E-state index contributed by atoms with van der Waals surface area (Å²) in [4.78, 5) is 23.7. The first kappa shape index (κ1) is 18.3. The number of para-hydroxylation sites is 1. The summed E-state index contributed by atoms with van der Waals surface area (Å²) < 4.78 is 21.1. The van der Waals surface area contributed by atoms with Gasteiger partial charge in [0.2, 0.25) is 0 Å². The predicted octanol–water partition coefficient (Wildman–Crippen LogP) is 2.51. The number of hydrogen-bond donors (Lipinski definition) is 1. The molecule has 2 aromatic carbocycles. The minimum Gasteiger partial charge on any atom is -0.497 e. The maximum Gasteiger partial charge on any atom is 0.339 e. The fourth-order valence-electron chi connectivity index (χ4n) is 2.59. The molecule has 1 heterocycles. The summed E-state index contributed by atoms with van der Waals surface area (Å²) in [6.07, 6.45) is 0. The molecule has 3 aromatic rings. The van der Waals surface area contributed by atoms with Crippen molar-refractivity contribution in [2.45, 2.75) is 6.54 Å². The Morgan fingerprint density at radius 3 is 2.63 bits per heavy atom. The molecule has 0 saturated carbocycles. The van der Waals surface area contributed by atoms with Gasteiger partial charge in [-0.3, -0.25) is 4.79 Å². The van der Waals surface area contributed by atoms with Crippen molar-refractivity contribution in [3.05, 3.63) is 64.5 Å². The van der Waals surface area contributed by atoms with Gasteiger partial charge in [0.25, 0.3) is 5.91 Å². The summed E-state index contributed by atoms with van der Waals surface area (Å²) >= 11 is 0. The standard InChI is InChI=1S/C20H19NO6/c1-24-14-8-7-13(17(9-14)25-2)11-21-19(22)12-26-18-10-20(23)27-16-6-4-3-5-15(16)18/h3-10H,11-12H2,1-2H3,(H,21,22). The molecule has 0 spiro atoms. The lowest BCUT2D eigenvalue weighted by atomic mass is 10.2. The van der Waals surface area contributed by atoms with Gasteiger partial charge in [-0.2, -0.15) is 0 Å². The SMILES string of the molecule is COc1ccc(CNC(=O)COc2cc(=O)oc3ccccc23)c(OC)c1. The number of carbonyl (C=O) groups excluding carboxylic acids is 1. The van der Waals surface area contributed by atoms with Gasteiger partial charge >= 0.3 is 5.63 Å². The van der Waals surface area contributed by atoms with Crippen molar-refractivity contribution in [2.24, 2.45) is 0 Å². The highest BCUT2D eigenvalue weighted by Crippen LogP contribution is 2.25. The second-order valence-electron chi connectivity index (χ2n) is 5.67. The minimum atomic E-state index is -0.535. The van der Waals surface area contributed by atoms with Crippen LogP contribution in [0.1, 0.15) is 5.56 Å². The molecule has 0 atom stereocenters. The molecule has 0 fully saturated rings. The average Bonchev–Trinajstić information content (AvgIpc) is 2.70. The number of methoxy groups -OCH3 is 2. The minimum absolute atomic E-state index is 0.230. The summed E-state index contributed by atoms with van der Waals surface area (Å²) in [6, 6.07) is 13.5. The number of hydrogen-bond acceptors (Lipinski definition) is 6. The van der Waals surface area contributed by atoms with E-state index in [0.29, 0.717) is 28.2 Å². The van der Waals surface area contributed by atoms with E-state index in [4.69, 9.17) is 18.6 Å². The van der Waals surface area contributed by atoms with Crippen LogP contribution in [0.4, 0.5) is 0 Å². The molecular weight excluding hydrogens is 350 g/mol. The van der Waals surface area contributed by atoms with Crippen LogP contribution in [0, 0.1) is 0 Å². The van der Waals surface area contributed by atoms with E-state index >= 15 is 0 Å². The Hall–Kier alpha value is -3.48. The van der Waals surface area contributed by atoms with E-state index in [1.165, 1.54) is 6.07 Å². The molecule has 0 aliphatic heterocycles. The summed E-state index contributed by atoms with van der Waals surface area (Å²) in [5.74, 6) is 1.26. The third-order valence-electron chi connectivity index (χ3n) is 3.94. The first-order chi connectivity index (χ1) is 13.1. The molecule has 140 valence electrons. The number of ether oxygens (including phenoxy) is 3. The monoisotopic (exact) mass is 369 g/mol. The van der Waals surface area contributed by atoms with E-state index in [0.717, 1.165) is 5.56 Å². The third-order valence-corrected chi connectivity index (χ3v) is 3.94. The predicted molar refractivity (Wildman–Crippen MR) is 99.4 cm³/mol. The van der Waals surface area contributed by atoms with Crippen LogP contribution in [0.2, 0.25) is 0 Å². The molecule has 1 amide bonds. The van der Waals surface area contributed by atoms with E-state index in [1.54, 1.807) is 50.6 Å². The van der Waals surface area contributed by atoms with Gasteiger partial charge < -0.3 is 23.9 Å². The van der Waals surface area contributed by atoms with Gasteiger partial charge in [-0.05, 0) is 24.3 Å². The fraction of sp³-hybridized carbons (Fsp3) is 0.200. The Bertz CT molecular complexity index is 1010. The molecule has 7 heteroatoms. The van der Waals surface area contributed by atoms with Crippen molar-refractivity contribution in [1.29, 1.82) is 0 Å². The van der Waals surface area contributed by atoms with Gasteiger partial charge in [-0.25, -0.2) is 4.79 Å². The van der Waals surface area contributed by atoms with Gasteiger partial charge in [0.15, 0.2) is 6.61 Å². The van der Waals surface area contributed by atoms with Gasteiger partial charge in [0.1, 0.15) is 22.8 Å². The number of fused-ring (bicyclic) bond motifs is 1. The molecule has 0 bridgehead atoms. The maximum absolute atomic E-state index is 12.1. The molecule has 7 nitrogen and oxygen atoms in total. The Morgan fingerprint density at radius 1 is 1.04 bits per heavy atom. The van der Waals surface area contributed by atoms with Crippen molar-refractivity contribution < 1.29 is 23.4 Å². The zero-order valence-electron chi connectivity index (χ0n) is 15.0. The molecular formula is C20H19NO6. The van der Waals surface area contributed by atoms with Crippen molar-refractivity contribution in [2.75, 3.05) is 20.8 Å². The van der Waals surface area contributed by atoms with Crippen molar-refractivity contribution in [3.63, 3.8) is 0 Å². The Labute approximate surface area is 155 Å². The molecule has 27 heavy (non-hydrogen) atoms. The molecule has 0 radical (unpaired) electrons. The summed E-state index contributed by atoms with van der Waals surface area (Å²) in [7, 11) is 3.12. The Balaban J connectivity index is 1.63. The number of carbonyl (C=O) groups is 1. The van der Waals surface area contributed by atoms with E-state index in [2.05, 4.69) is 5.32 Å². The molecule has 1 aromatic heterocycles. The van der Waals surface area contributed by atoms with Crippen LogP contribution in [0.5, 0.6) is 17.2 Å². The highest BCUT2D eigenvalue weighted by molar-refractivity contribution is 5.84. The first-order valence-electron chi connectivity index (χ1n) is 8.24. The van der Waals surface area contributed by atoms with Crippen molar-refractivity contribution >= 4 is 16.9 Å². The summed E-state index contributed by atoms with van der Waals surface area (Å²) in [5.41, 5.74) is 0.674. The van der Waals surface area contributed by atoms with Gasteiger partial charge in [-0.1, -0.05) is 12.1 Å². The van der Waals surface area contributed by atoms with Gasteiger partial charge in [0.05, 0.1) is 25.7 Å². The van der Waals surface area contributed by atoms with Gasteiger partial charge in [-0.15, -0.1) is 0 Å². The smallest absolute Gasteiger partial charge is 0.339 e. The lowest BCUT2D eigenvalue weighted by molar-refractivity contribution is -0.123. The van der Waals surface area contributed by atoms with Crippen LogP contribution in [0.3, 0.4) is 0 Å². The van der Waals surface area contributed by atoms with Crippen LogP contribution in [-0.4, -0.2) is 26.7 Å². The van der Waals surface area contributed by atoms with Crippen LogP contribution in [0.15, 0.2) is 57.7 Å². The number of nitrogens with one attached hydrogen (secondary N) is 1. The van der Waals surface area contributed by atoms with Crippen LogP contribution in [0.25, 0.3) is 11.0 Å². The van der Waals surface area contributed by atoms with E-state index in [-0.39, 0.29) is 19.1 Å². The zero-order valence-corrected chi connectivity index (χ0v) is 15.0. The Morgan fingerprint density at radius 2 is 1.85 bits per heavy atom. The number of benzene rings is 2. The highest BCUT2D eigenvalue weighted by Gasteiger charge is 2.10. The second-order valence-corrected chi connectivity index (χ2v) is 5.67. The second kappa shape index (κ2) is 8.27. The highest BCUT2D eigenvalue weighted by atomic mass is 16.5. The van der Waals surface area contributed by atoms with Crippen molar-refractivity contribution in [1.82, 2.24) is 5.32 Å². The molecule has 0 saturated heterocycles. The topological polar surface area (TPSA) is 87.0 Å². The zero-order chi connectivity index (χ0) is 19.2. The average molecular weight is 369 g/mol. The largest absolute Gasteiger partial charge is 0.497 e. The molecule has 1 N–H and O–H groups in total. The van der Waals surface area contributed by atoms with Crippen molar-refractivity contribution in [3.8, 4) is 17.2 Å². The normalized spacial score (nSPS) is 10.4. The maximum atomic E-state index is 12.1. The number of rotatable bonds is 7. The molecule has 3 rings (SSSR count). The quantitative estimate of drug-likeness (QED) is 0.644. The summed E-state index contributed by atoms with van der Waals surface area (Å²) in [6.45, 7) is 0.0406. The van der Waals surface area contributed by atoms with E-state index in [9.17, 15) is 9.59 Å². The molecule has 0 aliphatic rings. The molecule has 0 aliphatic carbocycles. The fourth-order valence-corrected chi connectivity index (χ4v) is 2.59. The van der Waals surface area contributed by atoms with E-state index in [1.807, 2.05) is 6.07 Å². The third kappa shape index (κ3) is 4.38. The van der Waals surface area contributed by atoms with Crippen LogP contribution in [-0.2, 0) is 11.3 Å². The first-order valence-corrected chi connectivity index (χ1v) is 8.24. The number of amides is 1.